The number of urea groups is 2. The molecular weight excluding hydrogens is 664 g/mol. The average Bonchev–Trinajstić information content (AvgIpc) is 3.01. The summed E-state index contributed by atoms with van der Waals surface area (Å²) in [5.41, 5.74) is 1.20. The highest BCUT2D eigenvalue weighted by molar-refractivity contribution is 5.90. The summed E-state index contributed by atoms with van der Waals surface area (Å²) in [6.07, 6.45) is 11.7. The first-order chi connectivity index (χ1) is 24.1. The van der Waals surface area contributed by atoms with Crippen LogP contribution in [0.1, 0.15) is 106 Å². The Hall–Kier alpha value is -4.90. The van der Waals surface area contributed by atoms with Crippen LogP contribution in [-0.2, 0) is 19.1 Å². The Balaban J connectivity index is 0.000000271. The molecule has 2 aliphatic carbocycles. The van der Waals surface area contributed by atoms with Gasteiger partial charge in [0, 0.05) is 47.7 Å². The molecule has 51 heavy (non-hydrogen) atoms. The van der Waals surface area contributed by atoms with E-state index in [2.05, 4.69) is 76.5 Å². The second-order valence-electron chi connectivity index (χ2n) is 13.3. The van der Waals surface area contributed by atoms with Gasteiger partial charge in [0.2, 0.25) is 18.6 Å². The lowest BCUT2D eigenvalue weighted by molar-refractivity contribution is -0.118. The number of carbonyl (C=O) groups excluding carboxylic acids is 6. The third kappa shape index (κ3) is 17.5. The fourth-order valence-corrected chi connectivity index (χ4v) is 5.84. The molecule has 4 rings (SSSR count). The van der Waals surface area contributed by atoms with Crippen molar-refractivity contribution in [3.05, 3.63) is 23.5 Å². The number of alkyl carbamates (subject to hydrolysis) is 2. The predicted molar refractivity (Wildman–Crippen MR) is 189 cm³/mol. The molecule has 2 saturated carbocycles. The van der Waals surface area contributed by atoms with Gasteiger partial charge < -0.3 is 62.6 Å². The normalized spacial score (nSPS) is 21.4. The zero-order valence-electron chi connectivity index (χ0n) is 30.8. The molecule has 0 aromatic carbocycles. The lowest BCUT2D eigenvalue weighted by Crippen LogP contribution is -2.62. The van der Waals surface area contributed by atoms with E-state index >= 15 is 0 Å². The van der Waals surface area contributed by atoms with E-state index in [4.69, 9.17) is 0 Å². The standard InChI is InChI=1S/2C13H22N4O2.C7H14N2O4/c2*1-9-8-10(18)15-11(14-9)16-12(19)17-13(2)6-4-3-5-7-13;1-3-8-6(10)12-5-13-7(11)9-4-2/h2*8,11,14H,3-7H2,1-2H3,(H,15,18)(H2,16,17,19);3-5H2,1-2H3,(H,8,10)(H,9,11). The van der Waals surface area contributed by atoms with Gasteiger partial charge >= 0.3 is 24.2 Å². The number of amides is 8. The highest BCUT2D eigenvalue weighted by Gasteiger charge is 2.30. The molecule has 0 aromatic heterocycles. The van der Waals surface area contributed by atoms with Crippen LogP contribution in [0.3, 0.4) is 0 Å². The summed E-state index contributed by atoms with van der Waals surface area (Å²) in [7, 11) is 0. The second kappa shape index (κ2) is 21.3. The minimum absolute atomic E-state index is 0.133. The molecule has 18 nitrogen and oxygen atoms in total. The van der Waals surface area contributed by atoms with Crippen molar-refractivity contribution in [1.82, 2.24) is 53.2 Å². The molecule has 0 bridgehead atoms. The molecule has 2 aliphatic heterocycles. The van der Waals surface area contributed by atoms with E-state index in [-0.39, 0.29) is 41.7 Å². The highest BCUT2D eigenvalue weighted by Crippen LogP contribution is 2.28. The van der Waals surface area contributed by atoms with Crippen LogP contribution in [0.5, 0.6) is 0 Å². The Bertz CT molecular complexity index is 1170. The SMILES string of the molecule is CC1=CC(=O)NC(NC(=O)NC2(C)CCCCC2)N1.CC1=CC(=O)NC(NC(=O)NC2(C)CCCCC2)N1.CCNC(=O)OCOC(=O)NCC. The molecule has 18 heteroatoms. The molecule has 288 valence electrons. The second-order valence-corrected chi connectivity index (χ2v) is 13.3. The fraction of sp³-hybridized carbons (Fsp3) is 0.697. The minimum atomic E-state index is -0.605. The topological polar surface area (TPSA) is 241 Å². The molecule has 2 heterocycles. The van der Waals surface area contributed by atoms with Crippen LogP contribution < -0.4 is 53.2 Å². The van der Waals surface area contributed by atoms with Crippen LogP contribution in [0, 0.1) is 0 Å². The summed E-state index contributed by atoms with van der Waals surface area (Å²) >= 11 is 0. The third-order valence-corrected chi connectivity index (χ3v) is 8.33. The van der Waals surface area contributed by atoms with Crippen molar-refractivity contribution in [3.8, 4) is 0 Å². The zero-order chi connectivity index (χ0) is 37.9. The largest absolute Gasteiger partial charge is 0.412 e. The molecule has 10 N–H and O–H groups in total. The van der Waals surface area contributed by atoms with E-state index in [9.17, 15) is 28.8 Å². The summed E-state index contributed by atoms with van der Waals surface area (Å²) < 4.78 is 8.93. The first-order valence-electron chi connectivity index (χ1n) is 17.6. The molecule has 4 aliphatic rings. The molecule has 0 spiro atoms. The number of ether oxygens (including phenoxy) is 2. The van der Waals surface area contributed by atoms with E-state index < -0.39 is 24.8 Å². The first-order valence-corrected chi connectivity index (χ1v) is 17.6. The van der Waals surface area contributed by atoms with Crippen molar-refractivity contribution in [2.24, 2.45) is 0 Å². The van der Waals surface area contributed by atoms with E-state index in [1.54, 1.807) is 27.7 Å². The Morgan fingerprint density at radius 2 is 1.00 bits per heavy atom. The van der Waals surface area contributed by atoms with E-state index in [1.165, 1.54) is 25.0 Å². The van der Waals surface area contributed by atoms with Gasteiger partial charge in [-0.15, -0.1) is 0 Å². The summed E-state index contributed by atoms with van der Waals surface area (Å²) in [5, 5.41) is 27.4. The summed E-state index contributed by atoms with van der Waals surface area (Å²) in [4.78, 5) is 67.8. The van der Waals surface area contributed by atoms with Crippen molar-refractivity contribution in [2.45, 2.75) is 129 Å². The van der Waals surface area contributed by atoms with Crippen LogP contribution >= 0.6 is 0 Å². The Morgan fingerprint density at radius 3 is 1.31 bits per heavy atom. The van der Waals surface area contributed by atoms with Crippen LogP contribution in [0.2, 0.25) is 0 Å². The maximum atomic E-state index is 12.0. The Morgan fingerprint density at radius 1 is 0.647 bits per heavy atom. The van der Waals surface area contributed by atoms with Gasteiger partial charge in [-0.25, -0.2) is 19.2 Å². The van der Waals surface area contributed by atoms with Gasteiger partial charge in [-0.3, -0.25) is 9.59 Å². The summed E-state index contributed by atoms with van der Waals surface area (Å²) in [6.45, 7) is 11.8. The predicted octanol–water partition coefficient (Wildman–Crippen LogP) is 2.27. The maximum Gasteiger partial charge on any atom is 0.410 e. The molecule has 0 saturated heterocycles. The van der Waals surface area contributed by atoms with Crippen LogP contribution in [0.15, 0.2) is 23.5 Å². The molecule has 2 unspecified atom stereocenters. The molecule has 8 amide bonds. The summed E-state index contributed by atoms with van der Waals surface area (Å²) in [5.74, 6) is -0.407. The average molecular weight is 723 g/mol. The fourth-order valence-electron chi connectivity index (χ4n) is 5.84. The van der Waals surface area contributed by atoms with E-state index in [0.29, 0.717) is 13.1 Å². The van der Waals surface area contributed by atoms with E-state index in [1.807, 2.05) is 0 Å². The molecular formula is C33H58N10O8. The van der Waals surface area contributed by atoms with Gasteiger partial charge in [-0.2, -0.15) is 0 Å². The maximum absolute atomic E-state index is 12.0. The first kappa shape index (κ1) is 42.3. The molecule has 2 atom stereocenters. The molecule has 2 fully saturated rings. The minimum Gasteiger partial charge on any atom is -0.412 e. The number of rotatable bonds is 8. The smallest absolute Gasteiger partial charge is 0.410 e. The number of allylic oxidation sites excluding steroid dienone is 2. The highest BCUT2D eigenvalue weighted by atomic mass is 16.7. The van der Waals surface area contributed by atoms with Crippen molar-refractivity contribution >= 4 is 36.1 Å². The van der Waals surface area contributed by atoms with Gasteiger partial charge in [0.05, 0.1) is 0 Å². The third-order valence-electron chi connectivity index (χ3n) is 8.33. The zero-order valence-corrected chi connectivity index (χ0v) is 30.8. The van der Waals surface area contributed by atoms with Crippen LogP contribution in [-0.4, -0.2) is 79.6 Å². The lowest BCUT2D eigenvalue weighted by Gasteiger charge is -2.35. The van der Waals surface area contributed by atoms with Crippen molar-refractivity contribution in [3.63, 3.8) is 0 Å². The van der Waals surface area contributed by atoms with Gasteiger partial charge in [-0.1, -0.05) is 38.5 Å². The molecule has 0 aromatic rings. The van der Waals surface area contributed by atoms with Gasteiger partial charge in [-0.05, 0) is 67.2 Å². The van der Waals surface area contributed by atoms with E-state index in [0.717, 1.165) is 62.8 Å². The molecule has 0 radical (unpaired) electrons. The Labute approximate surface area is 300 Å². The number of carbonyl (C=O) groups is 6. The number of hydrogen-bond donors (Lipinski definition) is 10. The number of hydrogen-bond acceptors (Lipinski definition) is 10. The van der Waals surface area contributed by atoms with Crippen LogP contribution in [0.4, 0.5) is 19.2 Å². The van der Waals surface area contributed by atoms with Crippen molar-refractivity contribution in [2.75, 3.05) is 19.9 Å². The van der Waals surface area contributed by atoms with Gasteiger partial charge in [0.25, 0.3) is 0 Å². The van der Waals surface area contributed by atoms with Crippen molar-refractivity contribution in [1.29, 1.82) is 0 Å². The monoisotopic (exact) mass is 722 g/mol. The lowest BCUT2D eigenvalue weighted by atomic mass is 9.83. The van der Waals surface area contributed by atoms with Crippen LogP contribution in [0.25, 0.3) is 0 Å². The summed E-state index contributed by atoms with van der Waals surface area (Å²) in [6, 6.07) is -0.506. The quantitative estimate of drug-likeness (QED) is 0.164. The van der Waals surface area contributed by atoms with Gasteiger partial charge in [0.15, 0.2) is 12.6 Å². The Kier molecular flexibility index (Phi) is 17.7. The number of nitrogens with one attached hydrogen (secondary N) is 10. The van der Waals surface area contributed by atoms with Crippen molar-refractivity contribution < 1.29 is 38.2 Å². The van der Waals surface area contributed by atoms with Gasteiger partial charge in [0.1, 0.15) is 0 Å².